The molecule has 1 unspecified atom stereocenters. The number of phenolic OH excluding ortho intramolecular Hbond substituents is 1. The van der Waals surface area contributed by atoms with Crippen molar-refractivity contribution in [2.75, 3.05) is 7.11 Å². The lowest BCUT2D eigenvalue weighted by Crippen LogP contribution is -1.92. The monoisotopic (exact) mass is 362 g/mol. The molecule has 0 aromatic heterocycles. The Kier molecular flexibility index (Phi) is 5.30. The Hall–Kier alpha value is -2.18. The normalized spacial score (nSPS) is 12.3. The van der Waals surface area contributed by atoms with E-state index in [4.69, 9.17) is 4.74 Å². The second kappa shape index (κ2) is 7.20. The molecular weight excluding hydrogens is 348 g/mol. The highest BCUT2D eigenvalue weighted by Crippen LogP contribution is 2.34. The van der Waals surface area contributed by atoms with Crippen molar-refractivity contribution in [1.29, 1.82) is 0 Å². The maximum absolute atomic E-state index is 9.90. The van der Waals surface area contributed by atoms with E-state index in [9.17, 15) is 10.2 Å². The highest BCUT2D eigenvalue weighted by Gasteiger charge is 2.10. The third-order valence-corrected chi connectivity index (χ3v) is 3.61. The summed E-state index contributed by atoms with van der Waals surface area (Å²) in [4.78, 5) is 0. The molecule has 2 aromatic rings. The SMILES string of the molecule is C=CC(O)c1cc(O)ccc1N=Nc1ccc(OC)cc1Br. The van der Waals surface area contributed by atoms with Crippen LogP contribution in [0.25, 0.3) is 0 Å². The van der Waals surface area contributed by atoms with Gasteiger partial charge in [-0.15, -0.1) is 11.7 Å². The number of ether oxygens (including phenoxy) is 1. The molecule has 0 aliphatic rings. The van der Waals surface area contributed by atoms with Gasteiger partial charge >= 0.3 is 0 Å². The summed E-state index contributed by atoms with van der Waals surface area (Å²) in [5, 5.41) is 27.7. The molecule has 0 saturated heterocycles. The van der Waals surface area contributed by atoms with Gasteiger partial charge in [0.05, 0.1) is 18.9 Å². The average molecular weight is 363 g/mol. The number of aromatic hydroxyl groups is 1. The Morgan fingerprint density at radius 2 is 1.86 bits per heavy atom. The molecule has 5 nitrogen and oxygen atoms in total. The first-order valence-electron chi connectivity index (χ1n) is 6.44. The number of phenols is 1. The summed E-state index contributed by atoms with van der Waals surface area (Å²) in [6.07, 6.45) is 0.428. The van der Waals surface area contributed by atoms with Gasteiger partial charge in [0.15, 0.2) is 0 Å². The van der Waals surface area contributed by atoms with Crippen molar-refractivity contribution in [3.8, 4) is 11.5 Å². The molecule has 1 atom stereocenters. The third-order valence-electron chi connectivity index (χ3n) is 2.97. The van der Waals surface area contributed by atoms with E-state index in [2.05, 4.69) is 32.7 Å². The predicted octanol–water partition coefficient (Wildman–Crippen LogP) is 4.80. The Morgan fingerprint density at radius 3 is 2.50 bits per heavy atom. The van der Waals surface area contributed by atoms with Crippen LogP contribution >= 0.6 is 15.9 Å². The number of rotatable bonds is 5. The van der Waals surface area contributed by atoms with E-state index in [0.717, 1.165) is 4.47 Å². The fourth-order valence-corrected chi connectivity index (χ4v) is 2.24. The third kappa shape index (κ3) is 3.72. The number of azo groups is 1. The van der Waals surface area contributed by atoms with E-state index in [1.165, 1.54) is 18.2 Å². The number of benzene rings is 2. The molecule has 0 aliphatic heterocycles. The zero-order chi connectivity index (χ0) is 16.1. The standard InChI is InChI=1S/C16H15BrN2O3/c1-3-16(21)12-8-10(20)4-6-14(12)18-19-15-7-5-11(22-2)9-13(15)17/h3-9,16,20-21H,1H2,2H3. The molecule has 2 N–H and O–H groups in total. The first kappa shape index (κ1) is 16.2. The van der Waals surface area contributed by atoms with E-state index in [1.54, 1.807) is 31.4 Å². The highest BCUT2D eigenvalue weighted by molar-refractivity contribution is 9.10. The smallest absolute Gasteiger partial charge is 0.120 e. The Morgan fingerprint density at radius 1 is 1.18 bits per heavy atom. The van der Waals surface area contributed by atoms with Gasteiger partial charge in [0.25, 0.3) is 0 Å². The number of nitrogens with zero attached hydrogens (tertiary/aromatic N) is 2. The summed E-state index contributed by atoms with van der Waals surface area (Å²) >= 11 is 3.39. The number of hydrogen-bond donors (Lipinski definition) is 2. The largest absolute Gasteiger partial charge is 0.508 e. The molecule has 0 spiro atoms. The minimum atomic E-state index is -0.930. The first-order chi connectivity index (χ1) is 10.5. The molecule has 0 heterocycles. The molecule has 0 amide bonds. The van der Waals surface area contributed by atoms with Crippen LogP contribution in [0, 0.1) is 0 Å². The van der Waals surface area contributed by atoms with Crippen LogP contribution in [0.1, 0.15) is 11.7 Å². The summed E-state index contributed by atoms with van der Waals surface area (Å²) in [6.45, 7) is 3.53. The van der Waals surface area contributed by atoms with Crippen molar-refractivity contribution in [3.63, 3.8) is 0 Å². The summed E-state index contributed by atoms with van der Waals surface area (Å²) in [5.74, 6) is 0.749. The lowest BCUT2D eigenvalue weighted by Gasteiger charge is -2.09. The van der Waals surface area contributed by atoms with Crippen molar-refractivity contribution in [3.05, 3.63) is 59.1 Å². The summed E-state index contributed by atoms with van der Waals surface area (Å²) in [7, 11) is 1.59. The van der Waals surface area contributed by atoms with Gasteiger partial charge in [-0.1, -0.05) is 6.08 Å². The lowest BCUT2D eigenvalue weighted by atomic mass is 10.1. The fourth-order valence-electron chi connectivity index (χ4n) is 1.80. The van der Waals surface area contributed by atoms with Gasteiger partial charge in [0, 0.05) is 10.0 Å². The lowest BCUT2D eigenvalue weighted by molar-refractivity contribution is 0.229. The summed E-state index contributed by atoms with van der Waals surface area (Å²) < 4.78 is 5.85. The van der Waals surface area contributed by atoms with Gasteiger partial charge in [-0.25, -0.2) is 0 Å². The molecule has 2 aromatic carbocycles. The number of aliphatic hydroxyl groups excluding tert-OH is 1. The van der Waals surface area contributed by atoms with Gasteiger partial charge in [-0.3, -0.25) is 0 Å². The number of halogens is 1. The van der Waals surface area contributed by atoms with E-state index >= 15 is 0 Å². The zero-order valence-electron chi connectivity index (χ0n) is 11.9. The Bertz CT molecular complexity index is 717. The number of aliphatic hydroxyl groups is 1. The van der Waals surface area contributed by atoms with Gasteiger partial charge in [-0.2, -0.15) is 5.11 Å². The molecule has 0 saturated carbocycles. The summed E-state index contributed by atoms with van der Waals surface area (Å²) in [6, 6.07) is 9.81. The minimum absolute atomic E-state index is 0.0421. The van der Waals surface area contributed by atoms with Crippen molar-refractivity contribution >= 4 is 27.3 Å². The first-order valence-corrected chi connectivity index (χ1v) is 7.23. The molecule has 6 heteroatoms. The maximum atomic E-state index is 9.90. The summed E-state index contributed by atoms with van der Waals surface area (Å²) in [5.41, 5.74) is 1.50. The number of methoxy groups -OCH3 is 1. The van der Waals surface area contributed by atoms with Crippen LogP contribution in [0.2, 0.25) is 0 Å². The van der Waals surface area contributed by atoms with Crippen LogP contribution in [0.5, 0.6) is 11.5 Å². The van der Waals surface area contributed by atoms with Crippen LogP contribution < -0.4 is 4.74 Å². The Balaban J connectivity index is 2.36. The highest BCUT2D eigenvalue weighted by atomic mass is 79.9. The van der Waals surface area contributed by atoms with Gasteiger partial charge in [0.1, 0.15) is 17.2 Å². The average Bonchev–Trinajstić information content (AvgIpc) is 2.53. The predicted molar refractivity (Wildman–Crippen MR) is 88.1 cm³/mol. The molecule has 114 valence electrons. The van der Waals surface area contributed by atoms with Crippen LogP contribution in [0.3, 0.4) is 0 Å². The maximum Gasteiger partial charge on any atom is 0.120 e. The van der Waals surface area contributed by atoms with E-state index < -0.39 is 6.10 Å². The fraction of sp³-hybridized carbons (Fsp3) is 0.125. The molecular formula is C16H15BrN2O3. The van der Waals surface area contributed by atoms with E-state index in [-0.39, 0.29) is 5.75 Å². The second-order valence-electron chi connectivity index (χ2n) is 4.44. The van der Waals surface area contributed by atoms with Crippen LogP contribution in [0.4, 0.5) is 11.4 Å². The van der Waals surface area contributed by atoms with Crippen molar-refractivity contribution in [1.82, 2.24) is 0 Å². The minimum Gasteiger partial charge on any atom is -0.508 e. The zero-order valence-corrected chi connectivity index (χ0v) is 13.5. The second-order valence-corrected chi connectivity index (χ2v) is 5.30. The molecule has 0 aliphatic carbocycles. The molecule has 22 heavy (non-hydrogen) atoms. The molecule has 0 radical (unpaired) electrons. The quantitative estimate of drug-likeness (QED) is 0.592. The van der Waals surface area contributed by atoms with E-state index in [0.29, 0.717) is 22.7 Å². The molecule has 2 rings (SSSR count). The molecule has 0 bridgehead atoms. The van der Waals surface area contributed by atoms with Crippen molar-refractivity contribution < 1.29 is 14.9 Å². The molecule has 0 fully saturated rings. The topological polar surface area (TPSA) is 74.4 Å². The van der Waals surface area contributed by atoms with Gasteiger partial charge in [0.2, 0.25) is 0 Å². The van der Waals surface area contributed by atoms with Crippen LogP contribution in [-0.2, 0) is 0 Å². The van der Waals surface area contributed by atoms with Gasteiger partial charge in [-0.05, 0) is 52.3 Å². The van der Waals surface area contributed by atoms with Gasteiger partial charge < -0.3 is 14.9 Å². The van der Waals surface area contributed by atoms with Crippen molar-refractivity contribution in [2.45, 2.75) is 6.10 Å². The van der Waals surface area contributed by atoms with Crippen molar-refractivity contribution in [2.24, 2.45) is 10.2 Å². The van der Waals surface area contributed by atoms with Crippen LogP contribution in [0.15, 0.2) is 63.8 Å². The van der Waals surface area contributed by atoms with Crippen LogP contribution in [-0.4, -0.2) is 17.3 Å². The number of hydrogen-bond acceptors (Lipinski definition) is 5. The van der Waals surface area contributed by atoms with E-state index in [1.807, 2.05) is 0 Å². The Labute approximate surface area is 136 Å².